The summed E-state index contributed by atoms with van der Waals surface area (Å²) in [6.07, 6.45) is 5.13. The molecule has 0 spiro atoms. The van der Waals surface area contributed by atoms with E-state index in [9.17, 15) is 9.59 Å². The van der Waals surface area contributed by atoms with Gasteiger partial charge < -0.3 is 11.1 Å². The van der Waals surface area contributed by atoms with Crippen molar-refractivity contribution in [2.24, 2.45) is 7.05 Å². The Balaban J connectivity index is 1.48. The molecule has 11 nitrogen and oxygen atoms in total. The van der Waals surface area contributed by atoms with Crippen molar-refractivity contribution in [2.75, 3.05) is 5.73 Å². The van der Waals surface area contributed by atoms with Crippen LogP contribution in [0.2, 0.25) is 0 Å². The predicted molar refractivity (Wildman–Crippen MR) is 153 cm³/mol. The van der Waals surface area contributed by atoms with Gasteiger partial charge in [0.2, 0.25) is 0 Å². The van der Waals surface area contributed by atoms with Gasteiger partial charge in [-0.05, 0) is 43.1 Å². The highest BCUT2D eigenvalue weighted by Crippen LogP contribution is 2.21. The number of hydrogen-bond acceptors (Lipinski definition) is 6. The Morgan fingerprint density at radius 3 is 2.63 bits per heavy atom. The first kappa shape index (κ1) is 25.5. The molecule has 11 heteroatoms. The van der Waals surface area contributed by atoms with Crippen LogP contribution in [-0.4, -0.2) is 35.3 Å². The largest absolute Gasteiger partial charge is 0.382 e. The maximum atomic E-state index is 14.2. The van der Waals surface area contributed by atoms with Crippen molar-refractivity contribution in [3.8, 4) is 17.5 Å². The minimum absolute atomic E-state index is 0.174. The quantitative estimate of drug-likeness (QED) is 0.230. The lowest BCUT2D eigenvalue weighted by atomic mass is 10.1. The number of nitrogens with two attached hydrogens (primary N) is 1. The minimum atomic E-state index is -0.675. The van der Waals surface area contributed by atoms with Crippen molar-refractivity contribution < 1.29 is 9.31 Å². The van der Waals surface area contributed by atoms with Gasteiger partial charge in [-0.25, -0.2) is 10.1 Å². The van der Waals surface area contributed by atoms with Crippen LogP contribution in [-0.2, 0) is 7.05 Å². The molecule has 4 heterocycles. The van der Waals surface area contributed by atoms with Gasteiger partial charge in [-0.3, -0.25) is 18.8 Å². The maximum Gasteiger partial charge on any atom is 0.362 e. The van der Waals surface area contributed by atoms with Crippen LogP contribution < -0.4 is 21.1 Å². The molecule has 0 aliphatic heterocycles. The Bertz CT molecular complexity index is 2080. The molecule has 4 aromatic heterocycles. The van der Waals surface area contributed by atoms with E-state index in [1.54, 1.807) is 46.7 Å². The SMILES string of the molecule is Cc1nn(C)cc1C#Cc1cccc2nc(C(C)NC(=O)c3c(N)[nH][n+]4cccnc34)n(-c3ccccc3)c(=O)c12. The second kappa shape index (κ2) is 10.1. The average Bonchev–Trinajstić information content (AvgIpc) is 3.48. The van der Waals surface area contributed by atoms with E-state index in [1.807, 2.05) is 56.6 Å². The second-order valence-corrected chi connectivity index (χ2v) is 9.61. The number of nitrogens with one attached hydrogen (secondary N) is 2. The molecule has 202 valence electrons. The number of H-pyrrole nitrogens is 1. The van der Waals surface area contributed by atoms with E-state index in [2.05, 4.69) is 32.3 Å². The van der Waals surface area contributed by atoms with E-state index in [1.165, 1.54) is 4.57 Å². The number of aryl methyl sites for hydroxylation is 2. The Morgan fingerprint density at radius 2 is 1.88 bits per heavy atom. The molecule has 6 rings (SSSR count). The summed E-state index contributed by atoms with van der Waals surface area (Å²) in [5.41, 5.74) is 9.61. The number of anilines is 1. The number of para-hydroxylation sites is 1. The Kier molecular flexibility index (Phi) is 6.28. The van der Waals surface area contributed by atoms with Gasteiger partial charge in [0.1, 0.15) is 18.2 Å². The van der Waals surface area contributed by atoms with Crippen LogP contribution in [0.1, 0.15) is 46.0 Å². The number of rotatable bonds is 4. The van der Waals surface area contributed by atoms with Crippen LogP contribution in [0.4, 0.5) is 5.82 Å². The molecule has 0 aliphatic carbocycles. The predicted octanol–water partition coefficient (Wildman–Crippen LogP) is 2.36. The van der Waals surface area contributed by atoms with Crippen LogP contribution in [0.15, 0.2) is 78.0 Å². The van der Waals surface area contributed by atoms with Crippen LogP contribution in [0.5, 0.6) is 0 Å². The molecule has 0 saturated carbocycles. The highest BCUT2D eigenvalue weighted by molar-refractivity contribution is 6.03. The number of carbonyl (C=O) groups excluding carboxylic acids is 1. The van der Waals surface area contributed by atoms with Crippen molar-refractivity contribution >= 4 is 28.3 Å². The van der Waals surface area contributed by atoms with Gasteiger partial charge >= 0.3 is 5.65 Å². The van der Waals surface area contributed by atoms with E-state index in [-0.39, 0.29) is 16.9 Å². The molecular weight excluding hydrogens is 518 g/mol. The van der Waals surface area contributed by atoms with Crippen molar-refractivity contribution in [2.45, 2.75) is 19.9 Å². The van der Waals surface area contributed by atoms with Crippen molar-refractivity contribution in [3.63, 3.8) is 0 Å². The molecule has 1 amide bonds. The fourth-order valence-corrected chi connectivity index (χ4v) is 4.84. The first-order chi connectivity index (χ1) is 19.8. The summed E-state index contributed by atoms with van der Waals surface area (Å²) in [6, 6.07) is 15.6. The molecule has 41 heavy (non-hydrogen) atoms. The Labute approximate surface area is 234 Å². The number of aromatic amines is 1. The monoisotopic (exact) mass is 544 g/mol. The number of fused-ring (bicyclic) bond motifs is 2. The molecule has 0 saturated heterocycles. The first-order valence-electron chi connectivity index (χ1n) is 12.9. The summed E-state index contributed by atoms with van der Waals surface area (Å²) >= 11 is 0. The summed E-state index contributed by atoms with van der Waals surface area (Å²) in [5.74, 6) is 6.36. The third-order valence-electron chi connectivity index (χ3n) is 6.73. The Hall–Kier alpha value is -5.76. The highest BCUT2D eigenvalue weighted by Gasteiger charge is 2.27. The zero-order valence-electron chi connectivity index (χ0n) is 22.6. The zero-order chi connectivity index (χ0) is 28.7. The second-order valence-electron chi connectivity index (χ2n) is 9.61. The minimum Gasteiger partial charge on any atom is -0.382 e. The van der Waals surface area contributed by atoms with Gasteiger partial charge in [0.25, 0.3) is 11.5 Å². The van der Waals surface area contributed by atoms with Gasteiger partial charge in [0.15, 0.2) is 11.4 Å². The topological polar surface area (TPSA) is 141 Å². The number of carbonyl (C=O) groups is 1. The molecule has 0 aliphatic rings. The summed E-state index contributed by atoms with van der Waals surface area (Å²) in [6.45, 7) is 3.66. The number of amides is 1. The third-order valence-corrected chi connectivity index (χ3v) is 6.73. The zero-order valence-corrected chi connectivity index (χ0v) is 22.6. The number of nitrogen functional groups attached to an aromatic ring is 1. The van der Waals surface area contributed by atoms with E-state index in [0.29, 0.717) is 33.6 Å². The molecule has 6 aromatic rings. The lowest BCUT2D eigenvalue weighted by Gasteiger charge is -2.19. The summed E-state index contributed by atoms with van der Waals surface area (Å²) in [4.78, 5) is 36.8. The van der Waals surface area contributed by atoms with E-state index < -0.39 is 11.9 Å². The molecular formula is C30H26N9O2+. The summed E-state index contributed by atoms with van der Waals surface area (Å²) in [7, 11) is 1.84. The molecule has 2 aromatic carbocycles. The van der Waals surface area contributed by atoms with E-state index in [4.69, 9.17) is 10.7 Å². The standard InChI is InChI=1S/C30H25N9O2/c1-18-21(17-37(3)35-18)14-13-20-9-7-12-23-24(20)30(41)39(22-10-5-4-6-11-22)27(34-23)19(2)33-29(40)25-26(31)36-38-16-8-15-32-28(25)38/h4-12,15-17,19H,1-3H3,(H3,31,33,36,40)/p+1. The van der Waals surface area contributed by atoms with E-state index >= 15 is 0 Å². The van der Waals surface area contributed by atoms with Crippen molar-refractivity contribution in [1.29, 1.82) is 0 Å². The third kappa shape index (κ3) is 4.57. The fraction of sp³-hybridized carbons (Fsp3) is 0.133. The summed E-state index contributed by atoms with van der Waals surface area (Å²) < 4.78 is 4.78. The number of hydrogen-bond donors (Lipinski definition) is 3. The maximum absolute atomic E-state index is 14.2. The Morgan fingerprint density at radius 1 is 1.10 bits per heavy atom. The number of benzene rings is 2. The number of aromatic nitrogens is 7. The van der Waals surface area contributed by atoms with Crippen molar-refractivity contribution in [3.05, 3.63) is 112 Å². The lowest BCUT2D eigenvalue weighted by molar-refractivity contribution is -0.577. The van der Waals surface area contributed by atoms with Gasteiger partial charge in [0.05, 0.1) is 33.9 Å². The molecule has 1 unspecified atom stereocenters. The van der Waals surface area contributed by atoms with Crippen LogP contribution in [0.25, 0.3) is 22.2 Å². The average molecular weight is 545 g/mol. The molecule has 1 atom stereocenters. The number of nitrogens with zero attached hydrogens (tertiary/aromatic N) is 6. The van der Waals surface area contributed by atoms with Gasteiger partial charge in [0, 0.05) is 24.9 Å². The first-order valence-corrected chi connectivity index (χ1v) is 12.9. The van der Waals surface area contributed by atoms with Gasteiger partial charge in [-0.2, -0.15) is 5.10 Å². The molecule has 0 radical (unpaired) electrons. The lowest BCUT2D eigenvalue weighted by Crippen LogP contribution is -2.34. The van der Waals surface area contributed by atoms with Gasteiger partial charge in [-0.1, -0.05) is 36.1 Å². The highest BCUT2D eigenvalue weighted by atomic mass is 16.2. The van der Waals surface area contributed by atoms with Crippen LogP contribution in [0, 0.1) is 18.8 Å². The molecule has 4 N–H and O–H groups in total. The van der Waals surface area contributed by atoms with Crippen LogP contribution >= 0.6 is 0 Å². The van der Waals surface area contributed by atoms with Crippen molar-refractivity contribution in [1.82, 2.24) is 34.7 Å². The summed E-state index contributed by atoms with van der Waals surface area (Å²) in [5, 5.41) is 10.6. The molecule has 0 bridgehead atoms. The van der Waals surface area contributed by atoms with E-state index in [0.717, 1.165) is 11.3 Å². The van der Waals surface area contributed by atoms with Gasteiger partial charge in [-0.15, -0.1) is 4.52 Å². The smallest absolute Gasteiger partial charge is 0.362 e. The molecule has 0 fully saturated rings. The fourth-order valence-electron chi connectivity index (χ4n) is 4.84. The normalized spacial score (nSPS) is 11.8. The van der Waals surface area contributed by atoms with Crippen LogP contribution in [0.3, 0.4) is 0 Å².